The van der Waals surface area contributed by atoms with Crippen molar-refractivity contribution in [3.8, 4) is 11.5 Å². The molecule has 0 bridgehead atoms. The van der Waals surface area contributed by atoms with E-state index in [1.165, 1.54) is 11.1 Å². The van der Waals surface area contributed by atoms with E-state index in [4.69, 9.17) is 4.74 Å². The van der Waals surface area contributed by atoms with Crippen LogP contribution in [0.1, 0.15) is 16.7 Å². The molecular weight excluding hydrogens is 380 g/mol. The summed E-state index contributed by atoms with van der Waals surface area (Å²) in [7, 11) is 1.74. The minimum absolute atomic E-state index is 0.370. The molecule has 1 aliphatic rings. The zero-order chi connectivity index (χ0) is 17.8. The van der Waals surface area contributed by atoms with Gasteiger partial charge in [0.1, 0.15) is 11.5 Å². The molecule has 0 amide bonds. The molecule has 2 aromatic carbocycles. The van der Waals surface area contributed by atoms with Crippen molar-refractivity contribution in [3.05, 3.63) is 57.6 Å². The third-order valence-corrected chi connectivity index (χ3v) is 5.23. The number of nitrogens with zero attached hydrogens (tertiary/aromatic N) is 2. The topological polar surface area (TPSA) is 35.9 Å². The zero-order valence-electron chi connectivity index (χ0n) is 14.8. The van der Waals surface area contributed by atoms with Crippen molar-refractivity contribution >= 4 is 15.9 Å². The third-order valence-electron chi connectivity index (χ3n) is 4.74. The van der Waals surface area contributed by atoms with Crippen LogP contribution in [0.15, 0.2) is 40.9 Å². The summed E-state index contributed by atoms with van der Waals surface area (Å²) in [4.78, 5) is 4.86. The number of rotatable bonds is 5. The lowest BCUT2D eigenvalue weighted by molar-refractivity contribution is 0.120. The van der Waals surface area contributed by atoms with Crippen LogP contribution in [0.5, 0.6) is 11.5 Å². The molecule has 25 heavy (non-hydrogen) atoms. The Morgan fingerprint density at radius 1 is 0.960 bits per heavy atom. The molecule has 4 nitrogen and oxygen atoms in total. The molecule has 1 saturated heterocycles. The molecule has 0 aromatic heterocycles. The van der Waals surface area contributed by atoms with Gasteiger partial charge in [0.2, 0.25) is 0 Å². The van der Waals surface area contributed by atoms with Gasteiger partial charge in [-0.25, -0.2) is 0 Å². The Labute approximate surface area is 158 Å². The van der Waals surface area contributed by atoms with Crippen molar-refractivity contribution in [2.45, 2.75) is 20.0 Å². The van der Waals surface area contributed by atoms with Crippen LogP contribution in [-0.2, 0) is 13.1 Å². The molecule has 0 radical (unpaired) electrons. The number of hydrogen-bond acceptors (Lipinski definition) is 4. The van der Waals surface area contributed by atoms with Gasteiger partial charge >= 0.3 is 0 Å². The molecule has 2 aromatic rings. The molecule has 0 spiro atoms. The number of hydrogen-bond donors (Lipinski definition) is 1. The number of methoxy groups -OCH3 is 1. The smallest absolute Gasteiger partial charge is 0.123 e. The molecule has 0 unspecified atom stereocenters. The maximum Gasteiger partial charge on any atom is 0.123 e. The normalized spacial score (nSPS) is 16.1. The predicted octanol–water partition coefficient (Wildman–Crippen LogP) is 3.79. The maximum atomic E-state index is 10.0. The first-order valence-corrected chi connectivity index (χ1v) is 9.40. The second kappa shape index (κ2) is 8.21. The average molecular weight is 405 g/mol. The van der Waals surface area contributed by atoms with Gasteiger partial charge < -0.3 is 9.84 Å². The monoisotopic (exact) mass is 404 g/mol. The van der Waals surface area contributed by atoms with Crippen LogP contribution < -0.4 is 4.74 Å². The second-order valence-corrected chi connectivity index (χ2v) is 7.56. The summed E-state index contributed by atoms with van der Waals surface area (Å²) in [6, 6.07) is 12.0. The highest BCUT2D eigenvalue weighted by Crippen LogP contribution is 2.25. The first-order valence-electron chi connectivity index (χ1n) is 8.61. The highest BCUT2D eigenvalue weighted by molar-refractivity contribution is 9.10. The van der Waals surface area contributed by atoms with Crippen molar-refractivity contribution in [1.82, 2.24) is 9.80 Å². The number of halogens is 1. The minimum Gasteiger partial charge on any atom is -0.508 e. The standard InChI is InChI=1S/C20H25BrN2O2/c1-15-3-4-16(20(11-15)25-2)13-22-7-9-23(10-8-22)14-17-12-18(21)5-6-19(17)24/h3-6,11-12,24H,7-10,13-14H2,1-2H3. The molecular formula is C20H25BrN2O2. The van der Waals surface area contributed by atoms with Gasteiger partial charge in [0.25, 0.3) is 0 Å². The van der Waals surface area contributed by atoms with Crippen LogP contribution in [0.2, 0.25) is 0 Å². The Balaban J connectivity index is 1.56. The predicted molar refractivity (Wildman–Crippen MR) is 104 cm³/mol. The molecule has 1 aliphatic heterocycles. The Hall–Kier alpha value is -1.56. The molecule has 0 atom stereocenters. The fourth-order valence-electron chi connectivity index (χ4n) is 3.25. The van der Waals surface area contributed by atoms with E-state index in [0.29, 0.717) is 5.75 Å². The van der Waals surface area contributed by atoms with Crippen molar-refractivity contribution in [2.75, 3.05) is 33.3 Å². The summed E-state index contributed by atoms with van der Waals surface area (Å²) in [5, 5.41) is 10.0. The highest BCUT2D eigenvalue weighted by atomic mass is 79.9. The second-order valence-electron chi connectivity index (χ2n) is 6.64. The molecule has 1 heterocycles. The van der Waals surface area contributed by atoms with Gasteiger partial charge in [0, 0.05) is 54.9 Å². The van der Waals surface area contributed by atoms with Gasteiger partial charge in [-0.15, -0.1) is 0 Å². The Bertz CT molecular complexity index is 728. The van der Waals surface area contributed by atoms with Crippen LogP contribution in [0.25, 0.3) is 0 Å². The maximum absolute atomic E-state index is 10.0. The van der Waals surface area contributed by atoms with Gasteiger partial charge in [0.15, 0.2) is 0 Å². The van der Waals surface area contributed by atoms with Gasteiger partial charge in [-0.1, -0.05) is 28.1 Å². The van der Waals surface area contributed by atoms with E-state index < -0.39 is 0 Å². The fraction of sp³-hybridized carbons (Fsp3) is 0.400. The van der Waals surface area contributed by atoms with Crippen molar-refractivity contribution in [3.63, 3.8) is 0 Å². The SMILES string of the molecule is COc1cc(C)ccc1CN1CCN(Cc2cc(Br)ccc2O)CC1. The van der Waals surface area contributed by atoms with Crippen LogP contribution in [0.3, 0.4) is 0 Å². The molecule has 0 saturated carbocycles. The van der Waals surface area contributed by atoms with E-state index in [2.05, 4.69) is 50.9 Å². The molecule has 5 heteroatoms. The lowest BCUT2D eigenvalue weighted by atomic mass is 10.1. The van der Waals surface area contributed by atoms with Crippen LogP contribution in [0.4, 0.5) is 0 Å². The summed E-state index contributed by atoms with van der Waals surface area (Å²) in [6.07, 6.45) is 0. The van der Waals surface area contributed by atoms with Gasteiger partial charge in [0.05, 0.1) is 7.11 Å². The van der Waals surface area contributed by atoms with Crippen molar-refractivity contribution in [2.24, 2.45) is 0 Å². The number of ether oxygens (including phenoxy) is 1. The van der Waals surface area contributed by atoms with E-state index >= 15 is 0 Å². The van der Waals surface area contributed by atoms with Crippen LogP contribution in [0, 0.1) is 6.92 Å². The zero-order valence-corrected chi connectivity index (χ0v) is 16.4. The summed E-state index contributed by atoms with van der Waals surface area (Å²) in [6.45, 7) is 7.83. The summed E-state index contributed by atoms with van der Waals surface area (Å²) >= 11 is 3.48. The lowest BCUT2D eigenvalue weighted by Crippen LogP contribution is -2.45. The lowest BCUT2D eigenvalue weighted by Gasteiger charge is -2.35. The minimum atomic E-state index is 0.370. The van der Waals surface area contributed by atoms with Gasteiger partial charge in [-0.05, 0) is 36.8 Å². The number of piperazine rings is 1. The van der Waals surface area contributed by atoms with Crippen LogP contribution in [-0.4, -0.2) is 48.2 Å². The summed E-state index contributed by atoms with van der Waals surface area (Å²) < 4.78 is 6.53. The van der Waals surface area contributed by atoms with Crippen LogP contribution >= 0.6 is 15.9 Å². The van der Waals surface area contributed by atoms with E-state index in [1.54, 1.807) is 13.2 Å². The van der Waals surface area contributed by atoms with E-state index in [0.717, 1.165) is 55.1 Å². The highest BCUT2D eigenvalue weighted by Gasteiger charge is 2.19. The molecule has 134 valence electrons. The van der Waals surface area contributed by atoms with Gasteiger partial charge in [-0.2, -0.15) is 0 Å². The quantitative estimate of drug-likeness (QED) is 0.821. The first kappa shape index (κ1) is 18.2. The van der Waals surface area contributed by atoms with E-state index in [9.17, 15) is 5.11 Å². The first-order chi connectivity index (χ1) is 12.0. The largest absolute Gasteiger partial charge is 0.508 e. The Morgan fingerprint density at radius 2 is 1.60 bits per heavy atom. The number of phenols is 1. The molecule has 3 rings (SSSR count). The van der Waals surface area contributed by atoms with Crippen molar-refractivity contribution in [1.29, 1.82) is 0 Å². The fourth-order valence-corrected chi connectivity index (χ4v) is 3.66. The van der Waals surface area contributed by atoms with Crippen molar-refractivity contribution < 1.29 is 9.84 Å². The molecule has 0 aliphatic carbocycles. The molecule has 1 fully saturated rings. The Kier molecular flexibility index (Phi) is 5.99. The number of phenolic OH excluding ortho intramolecular Hbond substituents is 1. The Morgan fingerprint density at radius 3 is 2.24 bits per heavy atom. The van der Waals surface area contributed by atoms with E-state index in [1.807, 2.05) is 12.1 Å². The number of aromatic hydroxyl groups is 1. The number of aryl methyl sites for hydroxylation is 1. The van der Waals surface area contributed by atoms with Gasteiger partial charge in [-0.3, -0.25) is 9.80 Å². The van der Waals surface area contributed by atoms with E-state index in [-0.39, 0.29) is 0 Å². The molecule has 1 N–H and O–H groups in total. The summed E-state index contributed by atoms with van der Waals surface area (Å²) in [5.74, 6) is 1.34. The average Bonchev–Trinajstić information content (AvgIpc) is 2.61. The summed E-state index contributed by atoms with van der Waals surface area (Å²) in [5.41, 5.74) is 3.44. The third kappa shape index (κ3) is 4.75. The number of benzene rings is 2.